The van der Waals surface area contributed by atoms with Crippen molar-refractivity contribution < 1.29 is 9.21 Å². The van der Waals surface area contributed by atoms with E-state index >= 15 is 0 Å². The second-order valence-corrected chi connectivity index (χ2v) is 4.04. The van der Waals surface area contributed by atoms with E-state index in [0.29, 0.717) is 6.54 Å². The molecule has 0 spiro atoms. The molecule has 2 rings (SSSR count). The van der Waals surface area contributed by atoms with E-state index in [2.05, 4.69) is 5.32 Å². The number of furan rings is 1. The van der Waals surface area contributed by atoms with Crippen molar-refractivity contribution in [2.45, 2.75) is 13.5 Å². The highest BCUT2D eigenvalue weighted by atomic mass is 16.3. The molecule has 1 aromatic carbocycles. The Morgan fingerprint density at radius 2 is 2.22 bits per heavy atom. The van der Waals surface area contributed by atoms with E-state index < -0.39 is 0 Å². The maximum atomic E-state index is 11.6. The SMILES string of the molecule is Cc1cccc(/C=C/C(=O)NCc2ccco2)c1. The van der Waals surface area contributed by atoms with Crippen LogP contribution in [-0.4, -0.2) is 5.91 Å². The molecule has 3 nitrogen and oxygen atoms in total. The third-order valence-corrected chi connectivity index (χ3v) is 2.49. The highest BCUT2D eigenvalue weighted by Gasteiger charge is 1.98. The molecule has 0 atom stereocenters. The van der Waals surface area contributed by atoms with Gasteiger partial charge in [0, 0.05) is 6.08 Å². The molecule has 0 saturated heterocycles. The molecule has 3 heteroatoms. The monoisotopic (exact) mass is 241 g/mol. The lowest BCUT2D eigenvalue weighted by atomic mass is 10.1. The van der Waals surface area contributed by atoms with E-state index in [1.807, 2.05) is 37.3 Å². The zero-order chi connectivity index (χ0) is 12.8. The van der Waals surface area contributed by atoms with Gasteiger partial charge >= 0.3 is 0 Å². The number of carbonyl (C=O) groups excluding carboxylic acids is 1. The van der Waals surface area contributed by atoms with Gasteiger partial charge in [-0.15, -0.1) is 0 Å². The normalized spacial score (nSPS) is 10.7. The standard InChI is InChI=1S/C15H15NO2/c1-12-4-2-5-13(10-12)7-8-15(17)16-11-14-6-3-9-18-14/h2-10H,11H2,1H3,(H,16,17)/b8-7+. The van der Waals surface area contributed by atoms with E-state index in [-0.39, 0.29) is 5.91 Å². The van der Waals surface area contributed by atoms with E-state index in [4.69, 9.17) is 4.42 Å². The molecule has 0 aliphatic heterocycles. The van der Waals surface area contributed by atoms with Crippen molar-refractivity contribution in [3.05, 3.63) is 65.6 Å². The van der Waals surface area contributed by atoms with Gasteiger partial charge in [0.05, 0.1) is 12.8 Å². The van der Waals surface area contributed by atoms with Crippen LogP contribution in [0, 0.1) is 6.92 Å². The third-order valence-electron chi connectivity index (χ3n) is 2.49. The van der Waals surface area contributed by atoms with Gasteiger partial charge in [0.15, 0.2) is 0 Å². The molecule has 1 N–H and O–H groups in total. The molecule has 2 aromatic rings. The Bertz CT molecular complexity index is 541. The summed E-state index contributed by atoms with van der Waals surface area (Å²) in [5.74, 6) is 0.611. The Morgan fingerprint density at radius 3 is 2.94 bits per heavy atom. The average molecular weight is 241 g/mol. The molecule has 18 heavy (non-hydrogen) atoms. The van der Waals surface area contributed by atoms with E-state index in [0.717, 1.165) is 11.3 Å². The van der Waals surface area contributed by atoms with Crippen molar-refractivity contribution >= 4 is 12.0 Å². The Hall–Kier alpha value is -2.29. The maximum absolute atomic E-state index is 11.6. The Labute approximate surface area is 106 Å². The van der Waals surface area contributed by atoms with Gasteiger partial charge in [-0.3, -0.25) is 4.79 Å². The number of amides is 1. The molecule has 1 aromatic heterocycles. The zero-order valence-electron chi connectivity index (χ0n) is 10.2. The number of hydrogen-bond acceptors (Lipinski definition) is 2. The minimum atomic E-state index is -0.132. The highest BCUT2D eigenvalue weighted by Crippen LogP contribution is 2.05. The lowest BCUT2D eigenvalue weighted by molar-refractivity contribution is -0.116. The van der Waals surface area contributed by atoms with Crippen molar-refractivity contribution in [1.29, 1.82) is 0 Å². The van der Waals surface area contributed by atoms with Gasteiger partial charge in [0.2, 0.25) is 5.91 Å². The molecule has 0 bridgehead atoms. The van der Waals surface area contributed by atoms with Crippen molar-refractivity contribution in [1.82, 2.24) is 5.32 Å². The van der Waals surface area contributed by atoms with E-state index in [1.54, 1.807) is 18.4 Å². The molecule has 0 saturated carbocycles. The first-order valence-electron chi connectivity index (χ1n) is 5.79. The molecular formula is C15H15NO2. The van der Waals surface area contributed by atoms with Crippen molar-refractivity contribution in [3.8, 4) is 0 Å². The number of carbonyl (C=O) groups is 1. The first kappa shape index (κ1) is 12.2. The highest BCUT2D eigenvalue weighted by molar-refractivity contribution is 5.91. The van der Waals surface area contributed by atoms with Crippen LogP contribution < -0.4 is 5.32 Å². The van der Waals surface area contributed by atoms with Crippen LogP contribution in [0.4, 0.5) is 0 Å². The van der Waals surface area contributed by atoms with Gasteiger partial charge in [0.1, 0.15) is 5.76 Å². The van der Waals surface area contributed by atoms with Gasteiger partial charge in [-0.25, -0.2) is 0 Å². The van der Waals surface area contributed by atoms with Crippen LogP contribution in [-0.2, 0) is 11.3 Å². The van der Waals surface area contributed by atoms with Crippen molar-refractivity contribution in [3.63, 3.8) is 0 Å². The van der Waals surface area contributed by atoms with Crippen LogP contribution in [0.25, 0.3) is 6.08 Å². The van der Waals surface area contributed by atoms with Crippen LogP contribution in [0.3, 0.4) is 0 Å². The fraction of sp³-hybridized carbons (Fsp3) is 0.133. The summed E-state index contributed by atoms with van der Waals surface area (Å²) < 4.78 is 5.12. The van der Waals surface area contributed by atoms with Crippen molar-refractivity contribution in [2.75, 3.05) is 0 Å². The summed E-state index contributed by atoms with van der Waals surface area (Å²) in [4.78, 5) is 11.6. The second kappa shape index (κ2) is 5.87. The second-order valence-electron chi connectivity index (χ2n) is 4.04. The number of benzene rings is 1. The molecular weight excluding hydrogens is 226 g/mol. The summed E-state index contributed by atoms with van der Waals surface area (Å²) >= 11 is 0. The predicted molar refractivity (Wildman–Crippen MR) is 70.8 cm³/mol. The molecule has 0 aliphatic carbocycles. The quantitative estimate of drug-likeness (QED) is 0.836. The molecule has 92 valence electrons. The summed E-state index contributed by atoms with van der Waals surface area (Å²) in [7, 11) is 0. The smallest absolute Gasteiger partial charge is 0.244 e. The summed E-state index contributed by atoms with van der Waals surface area (Å²) in [5, 5.41) is 2.75. The van der Waals surface area contributed by atoms with E-state index in [1.165, 1.54) is 11.6 Å². The predicted octanol–water partition coefficient (Wildman–Crippen LogP) is 2.92. The third kappa shape index (κ3) is 3.63. The molecule has 1 amide bonds. The summed E-state index contributed by atoms with van der Waals surface area (Å²) in [5.41, 5.74) is 2.19. The van der Waals surface area contributed by atoms with Crippen LogP contribution in [0.5, 0.6) is 0 Å². The van der Waals surface area contributed by atoms with Gasteiger partial charge < -0.3 is 9.73 Å². The fourth-order valence-corrected chi connectivity index (χ4v) is 1.59. The number of aryl methyl sites for hydroxylation is 1. The summed E-state index contributed by atoms with van der Waals surface area (Å²) in [6.07, 6.45) is 4.91. The van der Waals surface area contributed by atoms with Gasteiger partial charge in [-0.1, -0.05) is 29.8 Å². The maximum Gasteiger partial charge on any atom is 0.244 e. The summed E-state index contributed by atoms with van der Waals surface area (Å²) in [6.45, 7) is 2.43. The lowest BCUT2D eigenvalue weighted by Crippen LogP contribution is -2.19. The summed E-state index contributed by atoms with van der Waals surface area (Å²) in [6, 6.07) is 11.6. The zero-order valence-corrected chi connectivity index (χ0v) is 10.2. The molecule has 1 heterocycles. The Kier molecular flexibility index (Phi) is 3.97. The first-order valence-corrected chi connectivity index (χ1v) is 5.79. The number of nitrogens with one attached hydrogen (secondary N) is 1. The largest absolute Gasteiger partial charge is 0.467 e. The Morgan fingerprint density at radius 1 is 1.33 bits per heavy atom. The fourth-order valence-electron chi connectivity index (χ4n) is 1.59. The van der Waals surface area contributed by atoms with Gasteiger partial charge in [-0.05, 0) is 30.7 Å². The minimum absolute atomic E-state index is 0.132. The molecule has 0 fully saturated rings. The molecule has 0 aliphatic rings. The molecule has 0 unspecified atom stereocenters. The average Bonchev–Trinajstić information content (AvgIpc) is 2.87. The van der Waals surface area contributed by atoms with Crippen LogP contribution in [0.1, 0.15) is 16.9 Å². The van der Waals surface area contributed by atoms with Gasteiger partial charge in [-0.2, -0.15) is 0 Å². The topological polar surface area (TPSA) is 42.2 Å². The minimum Gasteiger partial charge on any atom is -0.467 e. The lowest BCUT2D eigenvalue weighted by Gasteiger charge is -1.99. The number of rotatable bonds is 4. The van der Waals surface area contributed by atoms with Crippen LogP contribution >= 0.6 is 0 Å². The van der Waals surface area contributed by atoms with Crippen LogP contribution in [0.15, 0.2) is 53.2 Å². The first-order chi connectivity index (χ1) is 8.74. The van der Waals surface area contributed by atoms with E-state index in [9.17, 15) is 4.79 Å². The Balaban J connectivity index is 1.87. The van der Waals surface area contributed by atoms with Crippen molar-refractivity contribution in [2.24, 2.45) is 0 Å². The van der Waals surface area contributed by atoms with Crippen LogP contribution in [0.2, 0.25) is 0 Å². The molecule has 0 radical (unpaired) electrons. The number of hydrogen-bond donors (Lipinski definition) is 1. The van der Waals surface area contributed by atoms with Gasteiger partial charge in [0.25, 0.3) is 0 Å².